The molecule has 1 aromatic carbocycles. The van der Waals surface area contributed by atoms with Crippen molar-refractivity contribution >= 4 is 32.3 Å². The van der Waals surface area contributed by atoms with Gasteiger partial charge < -0.3 is 4.42 Å². The molecule has 1 atom stereocenters. The van der Waals surface area contributed by atoms with Crippen molar-refractivity contribution in [2.45, 2.75) is 23.6 Å². The van der Waals surface area contributed by atoms with Gasteiger partial charge in [-0.15, -0.1) is 11.3 Å². The molecule has 110 valence electrons. The van der Waals surface area contributed by atoms with Gasteiger partial charge in [0.2, 0.25) is 10.0 Å². The fourth-order valence-corrected chi connectivity index (χ4v) is 4.47. The van der Waals surface area contributed by atoms with Crippen molar-refractivity contribution in [2.24, 2.45) is 0 Å². The van der Waals surface area contributed by atoms with Crippen LogP contribution in [0.1, 0.15) is 12.7 Å². The summed E-state index contributed by atoms with van der Waals surface area (Å²) in [7, 11) is -3.44. The maximum absolute atomic E-state index is 12.1. The second kappa shape index (κ2) is 5.63. The molecule has 0 aliphatic heterocycles. The average Bonchev–Trinajstić information content (AvgIpc) is 3.06. The van der Waals surface area contributed by atoms with Crippen molar-refractivity contribution in [3.63, 3.8) is 0 Å². The molecule has 0 bridgehead atoms. The molecular weight excluding hydrogens is 306 g/mol. The van der Waals surface area contributed by atoms with E-state index in [1.54, 1.807) is 17.5 Å². The highest BCUT2D eigenvalue weighted by molar-refractivity contribution is 7.91. The minimum absolute atomic E-state index is 0.238. The third-order valence-electron chi connectivity index (χ3n) is 3.10. The molecule has 0 aliphatic carbocycles. The molecule has 0 saturated carbocycles. The van der Waals surface area contributed by atoms with Gasteiger partial charge in [-0.25, -0.2) is 13.1 Å². The van der Waals surface area contributed by atoms with Crippen LogP contribution in [-0.4, -0.2) is 14.5 Å². The Morgan fingerprint density at radius 3 is 2.76 bits per heavy atom. The summed E-state index contributed by atoms with van der Waals surface area (Å²) in [5.74, 6) is 0.776. The summed E-state index contributed by atoms with van der Waals surface area (Å²) in [6.45, 7) is 1.83. The lowest BCUT2D eigenvalue weighted by molar-refractivity contribution is 0.504. The number of benzene rings is 1. The maximum Gasteiger partial charge on any atom is 0.250 e. The van der Waals surface area contributed by atoms with Crippen molar-refractivity contribution in [3.05, 3.63) is 53.6 Å². The van der Waals surface area contributed by atoms with Gasteiger partial charge in [-0.3, -0.25) is 0 Å². The topological polar surface area (TPSA) is 59.3 Å². The fourth-order valence-electron chi connectivity index (χ4n) is 2.22. The molecule has 0 radical (unpaired) electrons. The first-order valence-corrected chi connectivity index (χ1v) is 8.94. The van der Waals surface area contributed by atoms with Crippen molar-refractivity contribution in [1.82, 2.24) is 4.72 Å². The third kappa shape index (κ3) is 3.18. The van der Waals surface area contributed by atoms with Crippen molar-refractivity contribution in [3.8, 4) is 0 Å². The van der Waals surface area contributed by atoms with Gasteiger partial charge in [0.05, 0.1) is 0 Å². The molecule has 3 aromatic rings. The van der Waals surface area contributed by atoms with E-state index in [4.69, 9.17) is 4.42 Å². The summed E-state index contributed by atoms with van der Waals surface area (Å²) in [5.41, 5.74) is 0.820. The van der Waals surface area contributed by atoms with Gasteiger partial charge in [0.25, 0.3) is 0 Å². The third-order valence-corrected chi connectivity index (χ3v) is 6.09. The van der Waals surface area contributed by atoms with E-state index >= 15 is 0 Å². The molecule has 0 unspecified atom stereocenters. The summed E-state index contributed by atoms with van der Waals surface area (Å²) in [4.78, 5) is 0. The second-order valence-corrected chi connectivity index (χ2v) is 7.80. The smallest absolute Gasteiger partial charge is 0.250 e. The fraction of sp³-hybridized carbons (Fsp3) is 0.200. The highest BCUT2D eigenvalue weighted by Gasteiger charge is 2.19. The Hall–Kier alpha value is -1.63. The van der Waals surface area contributed by atoms with E-state index in [1.165, 1.54) is 11.3 Å². The minimum atomic E-state index is -3.44. The van der Waals surface area contributed by atoms with Crippen LogP contribution in [0.15, 0.2) is 56.5 Å². The number of nitrogens with one attached hydrogen (secondary N) is 1. The average molecular weight is 321 g/mol. The van der Waals surface area contributed by atoms with Crippen LogP contribution in [0.2, 0.25) is 0 Å². The Kier molecular flexibility index (Phi) is 3.84. The maximum atomic E-state index is 12.1. The molecule has 2 aromatic heterocycles. The number of thiophene rings is 1. The number of rotatable bonds is 5. The summed E-state index contributed by atoms with van der Waals surface area (Å²) < 4.78 is 33.0. The van der Waals surface area contributed by atoms with Crippen LogP contribution in [0.5, 0.6) is 0 Å². The SMILES string of the molecule is C[C@H](Cc1cc2ccccc2o1)NS(=O)(=O)c1cccs1. The van der Waals surface area contributed by atoms with Crippen LogP contribution >= 0.6 is 11.3 Å². The minimum Gasteiger partial charge on any atom is -0.461 e. The Labute approximate surface area is 127 Å². The van der Waals surface area contributed by atoms with Crippen LogP contribution in [0.3, 0.4) is 0 Å². The highest BCUT2D eigenvalue weighted by atomic mass is 32.2. The normalized spacial score (nSPS) is 13.6. The molecular formula is C15H15NO3S2. The zero-order chi connectivity index (χ0) is 14.9. The van der Waals surface area contributed by atoms with E-state index in [0.717, 1.165) is 16.7 Å². The lowest BCUT2D eigenvalue weighted by Crippen LogP contribution is -2.33. The van der Waals surface area contributed by atoms with Crippen LogP contribution in [0.25, 0.3) is 11.0 Å². The van der Waals surface area contributed by atoms with Crippen LogP contribution in [0, 0.1) is 0 Å². The first-order chi connectivity index (χ1) is 10.0. The highest BCUT2D eigenvalue weighted by Crippen LogP contribution is 2.21. The lowest BCUT2D eigenvalue weighted by atomic mass is 10.2. The molecule has 2 heterocycles. The molecule has 1 N–H and O–H groups in total. The molecule has 0 aliphatic rings. The Morgan fingerprint density at radius 1 is 1.24 bits per heavy atom. The van der Waals surface area contributed by atoms with E-state index in [0.29, 0.717) is 10.6 Å². The summed E-state index contributed by atoms with van der Waals surface area (Å²) in [6.07, 6.45) is 0.513. The Morgan fingerprint density at radius 2 is 2.05 bits per heavy atom. The molecule has 0 spiro atoms. The van der Waals surface area contributed by atoms with Gasteiger partial charge in [0.1, 0.15) is 15.6 Å². The molecule has 0 amide bonds. The lowest BCUT2D eigenvalue weighted by Gasteiger charge is -2.11. The standard InChI is InChI=1S/C15H15NO3S2/c1-11(16-21(17,18)15-7-4-8-20-15)9-13-10-12-5-2-3-6-14(12)19-13/h2-8,10-11,16H,9H2,1H3/t11-/m1/s1. The number of para-hydroxylation sites is 1. The molecule has 21 heavy (non-hydrogen) atoms. The van der Waals surface area contributed by atoms with Gasteiger partial charge in [-0.2, -0.15) is 0 Å². The van der Waals surface area contributed by atoms with E-state index in [-0.39, 0.29) is 6.04 Å². The largest absolute Gasteiger partial charge is 0.461 e. The quantitative estimate of drug-likeness (QED) is 0.783. The van der Waals surface area contributed by atoms with Crippen molar-refractivity contribution in [1.29, 1.82) is 0 Å². The van der Waals surface area contributed by atoms with E-state index in [1.807, 2.05) is 37.3 Å². The zero-order valence-corrected chi connectivity index (χ0v) is 13.1. The van der Waals surface area contributed by atoms with Gasteiger partial charge in [-0.05, 0) is 30.5 Å². The van der Waals surface area contributed by atoms with Gasteiger partial charge in [0, 0.05) is 17.8 Å². The monoisotopic (exact) mass is 321 g/mol. The molecule has 6 heteroatoms. The molecule has 3 rings (SSSR count). The number of hydrogen-bond acceptors (Lipinski definition) is 4. The van der Waals surface area contributed by atoms with Crippen molar-refractivity contribution < 1.29 is 12.8 Å². The van der Waals surface area contributed by atoms with Gasteiger partial charge in [0.15, 0.2) is 0 Å². The first-order valence-electron chi connectivity index (χ1n) is 6.58. The number of furan rings is 1. The summed E-state index contributed by atoms with van der Waals surface area (Å²) in [6, 6.07) is 12.8. The van der Waals surface area contributed by atoms with Gasteiger partial charge in [-0.1, -0.05) is 24.3 Å². The van der Waals surface area contributed by atoms with Crippen molar-refractivity contribution in [2.75, 3.05) is 0 Å². The number of fused-ring (bicyclic) bond motifs is 1. The van der Waals surface area contributed by atoms with E-state index < -0.39 is 10.0 Å². The molecule has 4 nitrogen and oxygen atoms in total. The zero-order valence-electron chi connectivity index (χ0n) is 11.4. The predicted molar refractivity (Wildman–Crippen MR) is 84.0 cm³/mol. The van der Waals surface area contributed by atoms with Gasteiger partial charge >= 0.3 is 0 Å². The first kappa shape index (κ1) is 14.3. The molecule has 0 saturated heterocycles. The van der Waals surface area contributed by atoms with Crippen LogP contribution < -0.4 is 4.72 Å². The van der Waals surface area contributed by atoms with Crippen LogP contribution in [-0.2, 0) is 16.4 Å². The second-order valence-electron chi connectivity index (χ2n) is 4.91. The Balaban J connectivity index is 1.73. The van der Waals surface area contributed by atoms with Crippen LogP contribution in [0.4, 0.5) is 0 Å². The summed E-state index contributed by atoms with van der Waals surface area (Å²) in [5, 5.41) is 2.78. The Bertz CT molecular complexity index is 802. The van der Waals surface area contributed by atoms with E-state index in [2.05, 4.69) is 4.72 Å². The number of hydrogen-bond donors (Lipinski definition) is 1. The molecule has 0 fully saturated rings. The summed E-state index contributed by atoms with van der Waals surface area (Å²) >= 11 is 1.21. The predicted octanol–water partition coefficient (Wildman–Crippen LogP) is 3.40. The van der Waals surface area contributed by atoms with E-state index in [9.17, 15) is 8.42 Å². The number of sulfonamides is 1.